The van der Waals surface area contributed by atoms with Crippen LogP contribution < -0.4 is 10.1 Å². The highest BCUT2D eigenvalue weighted by Crippen LogP contribution is 2.27. The van der Waals surface area contributed by atoms with E-state index >= 15 is 0 Å². The van der Waals surface area contributed by atoms with Gasteiger partial charge in [-0.2, -0.15) is 5.10 Å². The molecule has 27 heavy (non-hydrogen) atoms. The number of carbonyl (C=O) groups excluding carboxylic acids is 1. The predicted molar refractivity (Wildman–Crippen MR) is 102 cm³/mol. The molecule has 0 aliphatic carbocycles. The van der Waals surface area contributed by atoms with E-state index in [0.717, 1.165) is 5.39 Å². The Labute approximate surface area is 159 Å². The van der Waals surface area contributed by atoms with Gasteiger partial charge >= 0.3 is 0 Å². The lowest BCUT2D eigenvalue weighted by Gasteiger charge is -2.09. The molecular formula is C19H14ClN5O2. The SMILES string of the molecule is Cn1ncc2c(Oc3ccc(NC(=O)c4ccccc4Cl)cc3)ncnc21. The molecule has 1 amide bonds. The summed E-state index contributed by atoms with van der Waals surface area (Å²) in [4.78, 5) is 20.6. The van der Waals surface area contributed by atoms with Crippen molar-refractivity contribution < 1.29 is 9.53 Å². The van der Waals surface area contributed by atoms with Gasteiger partial charge in [-0.05, 0) is 36.4 Å². The third-order valence-electron chi connectivity index (χ3n) is 3.94. The number of benzene rings is 2. The van der Waals surface area contributed by atoms with Crippen LogP contribution in [-0.2, 0) is 7.05 Å². The summed E-state index contributed by atoms with van der Waals surface area (Å²) in [5.74, 6) is 0.720. The Bertz CT molecular complexity index is 1120. The number of ether oxygens (including phenoxy) is 1. The van der Waals surface area contributed by atoms with E-state index < -0.39 is 0 Å². The van der Waals surface area contributed by atoms with E-state index in [9.17, 15) is 4.79 Å². The number of hydrogen-bond acceptors (Lipinski definition) is 5. The van der Waals surface area contributed by atoms with Crippen molar-refractivity contribution in [1.29, 1.82) is 0 Å². The Morgan fingerprint density at radius 1 is 1.11 bits per heavy atom. The summed E-state index contributed by atoms with van der Waals surface area (Å²) in [5.41, 5.74) is 1.73. The maximum Gasteiger partial charge on any atom is 0.257 e. The van der Waals surface area contributed by atoms with Crippen LogP contribution in [0, 0.1) is 0 Å². The number of rotatable bonds is 4. The second kappa shape index (κ2) is 7.05. The van der Waals surface area contributed by atoms with Crippen molar-refractivity contribution in [1.82, 2.24) is 19.7 Å². The second-order valence-corrected chi connectivity index (χ2v) is 6.15. The zero-order valence-corrected chi connectivity index (χ0v) is 15.0. The fraction of sp³-hybridized carbons (Fsp3) is 0.0526. The highest BCUT2D eigenvalue weighted by Gasteiger charge is 2.11. The first-order valence-corrected chi connectivity index (χ1v) is 8.46. The van der Waals surface area contributed by atoms with Crippen LogP contribution in [0.1, 0.15) is 10.4 Å². The van der Waals surface area contributed by atoms with Gasteiger partial charge < -0.3 is 10.1 Å². The fourth-order valence-electron chi connectivity index (χ4n) is 2.58. The Kier molecular flexibility index (Phi) is 4.43. The average Bonchev–Trinajstić information content (AvgIpc) is 3.06. The quantitative estimate of drug-likeness (QED) is 0.578. The monoisotopic (exact) mass is 379 g/mol. The lowest BCUT2D eigenvalue weighted by atomic mass is 10.2. The molecule has 1 N–H and O–H groups in total. The van der Waals surface area contributed by atoms with Gasteiger partial charge in [0.25, 0.3) is 5.91 Å². The molecule has 0 aliphatic heterocycles. The number of nitrogens with one attached hydrogen (secondary N) is 1. The number of carbonyl (C=O) groups is 1. The minimum atomic E-state index is -0.276. The summed E-state index contributed by atoms with van der Waals surface area (Å²) in [6.07, 6.45) is 3.08. The van der Waals surface area contributed by atoms with E-state index in [1.807, 2.05) is 0 Å². The molecule has 4 aromatic rings. The minimum Gasteiger partial charge on any atom is -0.438 e. The van der Waals surface area contributed by atoms with Crippen LogP contribution in [0.4, 0.5) is 5.69 Å². The van der Waals surface area contributed by atoms with Crippen molar-refractivity contribution in [2.45, 2.75) is 0 Å². The lowest BCUT2D eigenvalue weighted by Crippen LogP contribution is -2.12. The zero-order chi connectivity index (χ0) is 18.8. The number of nitrogens with zero attached hydrogens (tertiary/aromatic N) is 4. The van der Waals surface area contributed by atoms with Crippen molar-refractivity contribution in [2.75, 3.05) is 5.32 Å². The van der Waals surface area contributed by atoms with Gasteiger partial charge in [0.05, 0.1) is 16.8 Å². The number of aryl methyl sites for hydroxylation is 1. The molecule has 0 unspecified atom stereocenters. The summed E-state index contributed by atoms with van der Waals surface area (Å²) in [5, 5.41) is 8.08. The van der Waals surface area contributed by atoms with Crippen LogP contribution in [0.3, 0.4) is 0 Å². The molecule has 0 bridgehead atoms. The molecule has 134 valence electrons. The first-order chi connectivity index (χ1) is 13.1. The fourth-order valence-corrected chi connectivity index (χ4v) is 2.81. The predicted octanol–water partition coefficient (Wildman–Crippen LogP) is 4.06. The van der Waals surface area contributed by atoms with E-state index in [2.05, 4.69) is 20.4 Å². The number of aromatic nitrogens is 4. The lowest BCUT2D eigenvalue weighted by molar-refractivity contribution is 0.102. The van der Waals surface area contributed by atoms with Crippen molar-refractivity contribution in [2.24, 2.45) is 7.05 Å². The molecule has 0 radical (unpaired) electrons. The standard InChI is InChI=1S/C19H14ClN5O2/c1-25-17-15(10-23-25)19(22-11-21-17)27-13-8-6-12(7-9-13)24-18(26)14-4-2-3-5-16(14)20/h2-11H,1H3,(H,24,26). The highest BCUT2D eigenvalue weighted by molar-refractivity contribution is 6.34. The molecule has 8 heteroatoms. The second-order valence-electron chi connectivity index (χ2n) is 5.74. The van der Waals surface area contributed by atoms with E-state index in [4.69, 9.17) is 16.3 Å². The normalized spacial score (nSPS) is 10.7. The molecule has 0 aliphatic rings. The van der Waals surface area contributed by atoms with Crippen molar-refractivity contribution in [3.63, 3.8) is 0 Å². The molecule has 0 atom stereocenters. The van der Waals surface area contributed by atoms with Gasteiger partial charge in [-0.3, -0.25) is 9.48 Å². The maximum absolute atomic E-state index is 12.3. The topological polar surface area (TPSA) is 81.9 Å². The number of amides is 1. The highest BCUT2D eigenvalue weighted by atomic mass is 35.5. The summed E-state index contributed by atoms with van der Waals surface area (Å²) in [6.45, 7) is 0. The first-order valence-electron chi connectivity index (χ1n) is 8.08. The Hall–Kier alpha value is -3.45. The number of fused-ring (bicyclic) bond motifs is 1. The third kappa shape index (κ3) is 3.45. The average molecular weight is 380 g/mol. The molecule has 0 saturated carbocycles. The molecule has 0 saturated heterocycles. The van der Waals surface area contributed by atoms with Crippen molar-refractivity contribution >= 4 is 34.2 Å². The Balaban J connectivity index is 1.51. The molecular weight excluding hydrogens is 366 g/mol. The van der Waals surface area contributed by atoms with Gasteiger partial charge in [0.2, 0.25) is 5.88 Å². The van der Waals surface area contributed by atoms with Gasteiger partial charge in [-0.1, -0.05) is 23.7 Å². The molecule has 2 heterocycles. The number of halogens is 1. The van der Waals surface area contributed by atoms with E-state index in [0.29, 0.717) is 33.6 Å². The van der Waals surface area contributed by atoms with Crippen LogP contribution >= 0.6 is 11.6 Å². The summed E-state index contributed by atoms with van der Waals surface area (Å²) in [6, 6.07) is 13.9. The van der Waals surface area contributed by atoms with Crippen LogP contribution in [0.5, 0.6) is 11.6 Å². The molecule has 2 aromatic heterocycles. The van der Waals surface area contributed by atoms with Crippen LogP contribution in [0.15, 0.2) is 61.1 Å². The molecule has 2 aromatic carbocycles. The van der Waals surface area contributed by atoms with Crippen LogP contribution in [0.25, 0.3) is 11.0 Å². The summed E-state index contributed by atoms with van der Waals surface area (Å²) in [7, 11) is 1.80. The van der Waals surface area contributed by atoms with Crippen molar-refractivity contribution in [3.05, 3.63) is 71.6 Å². The smallest absolute Gasteiger partial charge is 0.257 e. The van der Waals surface area contributed by atoms with Gasteiger partial charge in [-0.25, -0.2) is 9.97 Å². The van der Waals surface area contributed by atoms with Crippen molar-refractivity contribution in [3.8, 4) is 11.6 Å². The summed E-state index contributed by atoms with van der Waals surface area (Å²) < 4.78 is 7.48. The van der Waals surface area contributed by atoms with E-state index in [1.54, 1.807) is 66.5 Å². The number of hydrogen-bond donors (Lipinski definition) is 1. The van der Waals surface area contributed by atoms with Crippen LogP contribution in [-0.4, -0.2) is 25.7 Å². The molecule has 0 fully saturated rings. The largest absolute Gasteiger partial charge is 0.438 e. The third-order valence-corrected chi connectivity index (χ3v) is 4.27. The van der Waals surface area contributed by atoms with Gasteiger partial charge in [0.1, 0.15) is 17.5 Å². The Morgan fingerprint density at radius 3 is 2.67 bits per heavy atom. The van der Waals surface area contributed by atoms with Crippen LogP contribution in [0.2, 0.25) is 5.02 Å². The van der Waals surface area contributed by atoms with E-state index in [1.165, 1.54) is 6.33 Å². The maximum atomic E-state index is 12.3. The molecule has 7 nitrogen and oxygen atoms in total. The zero-order valence-electron chi connectivity index (χ0n) is 14.3. The number of anilines is 1. The molecule has 0 spiro atoms. The first kappa shape index (κ1) is 17.0. The van der Waals surface area contributed by atoms with Gasteiger partial charge in [0.15, 0.2) is 5.65 Å². The van der Waals surface area contributed by atoms with Gasteiger partial charge in [-0.15, -0.1) is 0 Å². The molecule has 4 rings (SSSR count). The minimum absolute atomic E-state index is 0.276. The summed E-state index contributed by atoms with van der Waals surface area (Å²) >= 11 is 6.05. The Morgan fingerprint density at radius 2 is 1.89 bits per heavy atom. The van der Waals surface area contributed by atoms with Gasteiger partial charge in [0, 0.05) is 12.7 Å². The van der Waals surface area contributed by atoms with E-state index in [-0.39, 0.29) is 5.91 Å².